The minimum absolute atomic E-state index is 0.180. The van der Waals surface area contributed by atoms with Crippen LogP contribution in [0.5, 0.6) is 0 Å². The van der Waals surface area contributed by atoms with Crippen molar-refractivity contribution in [1.82, 2.24) is 9.55 Å². The van der Waals surface area contributed by atoms with Gasteiger partial charge in [-0.25, -0.2) is 13.4 Å². The van der Waals surface area contributed by atoms with Crippen LogP contribution < -0.4 is 0 Å². The summed E-state index contributed by atoms with van der Waals surface area (Å²) >= 11 is 6.02. The number of aryl methyl sites for hydroxylation is 1. The first-order chi connectivity index (χ1) is 9.50. The molecule has 1 aromatic heterocycles. The molecule has 0 radical (unpaired) electrons. The van der Waals surface area contributed by atoms with E-state index in [2.05, 4.69) is 15.6 Å². The number of fused-ring (bicyclic) bond motifs is 1. The molecule has 0 bridgehead atoms. The minimum atomic E-state index is -2.85. The Bertz CT molecular complexity index is 738. The highest BCUT2D eigenvalue weighted by molar-refractivity contribution is 7.91. The number of imidazole rings is 1. The molecule has 0 N–H and O–H groups in total. The number of aromatic nitrogens is 2. The van der Waals surface area contributed by atoms with E-state index in [0.717, 1.165) is 16.9 Å². The first-order valence-corrected chi connectivity index (χ1v) is 9.09. The first-order valence-electron chi connectivity index (χ1n) is 6.74. The number of hydrogen-bond donors (Lipinski definition) is 0. The normalized spacial score (nSPS) is 19.5. The van der Waals surface area contributed by atoms with Crippen LogP contribution in [0, 0.1) is 6.92 Å². The number of hydrogen-bond acceptors (Lipinski definition) is 3. The van der Waals surface area contributed by atoms with Gasteiger partial charge in [0.1, 0.15) is 15.7 Å². The van der Waals surface area contributed by atoms with Gasteiger partial charge in [-0.15, -0.1) is 11.6 Å². The van der Waals surface area contributed by atoms with Crippen LogP contribution in [0.4, 0.5) is 0 Å². The number of benzene rings is 1. The van der Waals surface area contributed by atoms with E-state index >= 15 is 0 Å². The number of nitrogens with zero attached hydrogens (tertiary/aromatic N) is 2. The van der Waals surface area contributed by atoms with Crippen molar-refractivity contribution < 1.29 is 8.42 Å². The highest BCUT2D eigenvalue weighted by Crippen LogP contribution is 2.30. The number of halogens is 1. The van der Waals surface area contributed by atoms with Gasteiger partial charge in [-0.2, -0.15) is 0 Å². The molecule has 0 unspecified atom stereocenters. The summed E-state index contributed by atoms with van der Waals surface area (Å²) in [7, 11) is -2.85. The van der Waals surface area contributed by atoms with Gasteiger partial charge < -0.3 is 4.57 Å². The molecule has 1 fully saturated rings. The lowest BCUT2D eigenvalue weighted by atomic mass is 10.1. The van der Waals surface area contributed by atoms with E-state index in [1.165, 1.54) is 5.56 Å². The van der Waals surface area contributed by atoms with Crippen molar-refractivity contribution >= 4 is 32.5 Å². The van der Waals surface area contributed by atoms with Gasteiger partial charge in [-0.05, 0) is 37.5 Å². The van der Waals surface area contributed by atoms with Crippen LogP contribution in [-0.2, 0) is 15.7 Å². The Morgan fingerprint density at radius 1 is 1.35 bits per heavy atom. The molecule has 2 aromatic rings. The van der Waals surface area contributed by atoms with E-state index in [-0.39, 0.29) is 17.5 Å². The van der Waals surface area contributed by atoms with Crippen molar-refractivity contribution in [3.8, 4) is 0 Å². The maximum absolute atomic E-state index is 11.6. The molecular weight excluding hydrogens is 296 g/mol. The fourth-order valence-electron chi connectivity index (χ4n) is 2.89. The van der Waals surface area contributed by atoms with Crippen molar-refractivity contribution in [2.24, 2.45) is 0 Å². The Morgan fingerprint density at radius 2 is 2.05 bits per heavy atom. The lowest BCUT2D eigenvalue weighted by molar-refractivity contribution is 0.450. The molecule has 0 saturated carbocycles. The SMILES string of the molecule is Cc1ccc2nc(CCl)n(C3CCS(=O)(=O)CC3)c2c1. The minimum Gasteiger partial charge on any atom is -0.324 e. The summed E-state index contributed by atoms with van der Waals surface area (Å²) in [5.74, 6) is 1.68. The molecule has 4 nitrogen and oxygen atoms in total. The summed E-state index contributed by atoms with van der Waals surface area (Å²) in [5, 5.41) is 0. The number of alkyl halides is 1. The summed E-state index contributed by atoms with van der Waals surface area (Å²) < 4.78 is 25.3. The molecule has 0 amide bonds. The molecule has 0 spiro atoms. The van der Waals surface area contributed by atoms with Crippen LogP contribution in [-0.4, -0.2) is 29.5 Å². The standard InChI is InChI=1S/C14H17ClN2O2S/c1-10-2-3-12-13(8-10)17(14(9-15)16-12)11-4-6-20(18,19)7-5-11/h2-3,8,11H,4-7,9H2,1H3. The largest absolute Gasteiger partial charge is 0.324 e. The quantitative estimate of drug-likeness (QED) is 0.801. The molecule has 2 heterocycles. The second kappa shape index (κ2) is 5.04. The third-order valence-electron chi connectivity index (χ3n) is 3.93. The summed E-state index contributed by atoms with van der Waals surface area (Å²) in [6.07, 6.45) is 1.29. The molecule has 1 aromatic carbocycles. The summed E-state index contributed by atoms with van der Waals surface area (Å²) in [4.78, 5) is 4.57. The Labute approximate surface area is 123 Å². The zero-order valence-corrected chi connectivity index (χ0v) is 12.9. The maximum atomic E-state index is 11.6. The van der Waals surface area contributed by atoms with E-state index in [1.807, 2.05) is 19.1 Å². The third kappa shape index (κ3) is 2.44. The molecule has 20 heavy (non-hydrogen) atoms. The van der Waals surface area contributed by atoms with Crippen molar-refractivity contribution in [2.45, 2.75) is 31.7 Å². The van der Waals surface area contributed by atoms with Gasteiger partial charge in [0, 0.05) is 6.04 Å². The molecule has 108 valence electrons. The average molecular weight is 313 g/mol. The Balaban J connectivity index is 2.08. The van der Waals surface area contributed by atoms with Crippen LogP contribution in [0.1, 0.15) is 30.3 Å². The van der Waals surface area contributed by atoms with Crippen LogP contribution in [0.3, 0.4) is 0 Å². The van der Waals surface area contributed by atoms with Gasteiger partial charge in [0.05, 0.1) is 28.4 Å². The molecule has 0 aliphatic carbocycles. The molecular formula is C14H17ClN2O2S. The molecule has 0 atom stereocenters. The predicted octanol–water partition coefficient (Wildman–Crippen LogP) is 2.83. The van der Waals surface area contributed by atoms with E-state index in [1.54, 1.807) is 0 Å². The van der Waals surface area contributed by atoms with E-state index in [0.29, 0.717) is 18.7 Å². The van der Waals surface area contributed by atoms with Crippen molar-refractivity contribution in [2.75, 3.05) is 11.5 Å². The second-order valence-electron chi connectivity index (χ2n) is 5.41. The zero-order valence-electron chi connectivity index (χ0n) is 11.3. The van der Waals surface area contributed by atoms with Crippen molar-refractivity contribution in [3.63, 3.8) is 0 Å². The topological polar surface area (TPSA) is 52.0 Å². The molecule has 1 saturated heterocycles. The molecule has 6 heteroatoms. The fraction of sp³-hybridized carbons (Fsp3) is 0.500. The fourth-order valence-corrected chi connectivity index (χ4v) is 4.55. The van der Waals surface area contributed by atoms with Gasteiger partial charge in [0.15, 0.2) is 0 Å². The first kappa shape index (κ1) is 13.9. The van der Waals surface area contributed by atoms with Gasteiger partial charge in [-0.1, -0.05) is 6.07 Å². The predicted molar refractivity (Wildman–Crippen MR) is 81.0 cm³/mol. The summed E-state index contributed by atoms with van der Waals surface area (Å²) in [5.41, 5.74) is 3.16. The van der Waals surface area contributed by atoms with Crippen molar-refractivity contribution in [1.29, 1.82) is 0 Å². The lowest BCUT2D eigenvalue weighted by Crippen LogP contribution is -2.26. The Morgan fingerprint density at radius 3 is 2.70 bits per heavy atom. The number of rotatable bonds is 2. The summed E-state index contributed by atoms with van der Waals surface area (Å²) in [6.45, 7) is 2.04. The highest BCUT2D eigenvalue weighted by Gasteiger charge is 2.27. The lowest BCUT2D eigenvalue weighted by Gasteiger charge is -2.25. The monoisotopic (exact) mass is 312 g/mol. The van der Waals surface area contributed by atoms with Crippen LogP contribution >= 0.6 is 11.6 Å². The molecule has 1 aliphatic heterocycles. The van der Waals surface area contributed by atoms with Gasteiger partial charge in [0.2, 0.25) is 0 Å². The Hall–Kier alpha value is -1.07. The Kier molecular flexibility index (Phi) is 3.50. The van der Waals surface area contributed by atoms with E-state index < -0.39 is 9.84 Å². The molecule has 3 rings (SSSR count). The van der Waals surface area contributed by atoms with E-state index in [9.17, 15) is 8.42 Å². The zero-order chi connectivity index (χ0) is 14.3. The number of sulfone groups is 1. The van der Waals surface area contributed by atoms with E-state index in [4.69, 9.17) is 11.6 Å². The van der Waals surface area contributed by atoms with Crippen LogP contribution in [0.25, 0.3) is 11.0 Å². The van der Waals surface area contributed by atoms with Crippen molar-refractivity contribution in [3.05, 3.63) is 29.6 Å². The van der Waals surface area contributed by atoms with Crippen LogP contribution in [0.2, 0.25) is 0 Å². The third-order valence-corrected chi connectivity index (χ3v) is 5.88. The maximum Gasteiger partial charge on any atom is 0.150 e. The molecule has 1 aliphatic rings. The summed E-state index contributed by atoms with van der Waals surface area (Å²) in [6, 6.07) is 6.31. The van der Waals surface area contributed by atoms with Gasteiger partial charge >= 0.3 is 0 Å². The van der Waals surface area contributed by atoms with Gasteiger partial charge in [0.25, 0.3) is 0 Å². The second-order valence-corrected chi connectivity index (χ2v) is 7.98. The van der Waals surface area contributed by atoms with Crippen LogP contribution in [0.15, 0.2) is 18.2 Å². The highest BCUT2D eigenvalue weighted by atomic mass is 35.5. The smallest absolute Gasteiger partial charge is 0.150 e. The van der Waals surface area contributed by atoms with Gasteiger partial charge in [-0.3, -0.25) is 0 Å². The average Bonchev–Trinajstić information content (AvgIpc) is 2.76.